The van der Waals surface area contributed by atoms with Gasteiger partial charge in [-0.3, -0.25) is 14.4 Å². The number of nitrogens with one attached hydrogen (secondary N) is 2. The monoisotopic (exact) mass is 453 g/mol. The molecule has 0 atom stereocenters. The molecule has 3 amide bonds. The lowest BCUT2D eigenvalue weighted by atomic mass is 9.87. The molecule has 176 valence electrons. The Balaban J connectivity index is 1.38. The van der Waals surface area contributed by atoms with E-state index in [0.717, 1.165) is 5.56 Å². The Bertz CT molecular complexity index is 973. The van der Waals surface area contributed by atoms with Gasteiger partial charge in [-0.1, -0.05) is 32.9 Å². The first kappa shape index (κ1) is 24.4. The Hall–Kier alpha value is -3.22. The minimum absolute atomic E-state index is 0.0123. The van der Waals surface area contributed by atoms with E-state index in [2.05, 4.69) is 31.4 Å². The second-order valence-electron chi connectivity index (χ2n) is 9.47. The number of amides is 3. The normalized spacial score (nSPS) is 14.6. The number of rotatable bonds is 6. The van der Waals surface area contributed by atoms with Gasteiger partial charge in [-0.2, -0.15) is 0 Å². The minimum Gasteiger partial charge on any atom is -0.352 e. The number of carbonyl (C=O) groups is 3. The van der Waals surface area contributed by atoms with Gasteiger partial charge in [-0.25, -0.2) is 4.39 Å². The fraction of sp³-hybridized carbons (Fsp3) is 0.423. The molecule has 0 spiro atoms. The van der Waals surface area contributed by atoms with Gasteiger partial charge in [-0.15, -0.1) is 0 Å². The molecule has 1 heterocycles. The summed E-state index contributed by atoms with van der Waals surface area (Å²) in [6.07, 6.45) is 1.55. The van der Waals surface area contributed by atoms with Crippen molar-refractivity contribution in [2.24, 2.45) is 0 Å². The van der Waals surface area contributed by atoms with Crippen molar-refractivity contribution in [2.75, 3.05) is 19.6 Å². The summed E-state index contributed by atoms with van der Waals surface area (Å²) in [5, 5.41) is 5.76. The van der Waals surface area contributed by atoms with Crippen LogP contribution in [0.1, 0.15) is 66.3 Å². The van der Waals surface area contributed by atoms with E-state index in [4.69, 9.17) is 0 Å². The fourth-order valence-electron chi connectivity index (χ4n) is 3.81. The maximum atomic E-state index is 13.0. The fourth-order valence-corrected chi connectivity index (χ4v) is 3.81. The first-order valence-electron chi connectivity index (χ1n) is 11.4. The van der Waals surface area contributed by atoms with Crippen LogP contribution in [0.5, 0.6) is 0 Å². The summed E-state index contributed by atoms with van der Waals surface area (Å²) in [5.74, 6) is -0.821. The Labute approximate surface area is 194 Å². The number of piperidine rings is 1. The van der Waals surface area contributed by atoms with Crippen LogP contribution in [0.2, 0.25) is 0 Å². The molecule has 1 aliphatic rings. The van der Waals surface area contributed by atoms with Crippen molar-refractivity contribution in [1.29, 1.82) is 0 Å². The number of likely N-dealkylation sites (tertiary alicyclic amines) is 1. The van der Waals surface area contributed by atoms with Gasteiger partial charge < -0.3 is 15.5 Å². The summed E-state index contributed by atoms with van der Waals surface area (Å²) in [6, 6.07) is 12.9. The van der Waals surface area contributed by atoms with Crippen molar-refractivity contribution >= 4 is 17.7 Å². The molecule has 1 saturated heterocycles. The van der Waals surface area contributed by atoms with Crippen molar-refractivity contribution in [1.82, 2.24) is 15.5 Å². The summed E-state index contributed by atoms with van der Waals surface area (Å²) in [5.41, 5.74) is 2.18. The van der Waals surface area contributed by atoms with Crippen LogP contribution in [0.3, 0.4) is 0 Å². The first-order chi connectivity index (χ1) is 15.6. The standard InChI is InChI=1S/C26H32FN3O3/c1-26(2,3)20-8-4-18(5-9-20)24(32)28-15-12-23(31)30-16-13-22(14-17-30)29-25(33)19-6-10-21(27)11-7-19/h4-11,22H,12-17H2,1-3H3,(H,28,32)(H,29,33). The average molecular weight is 454 g/mol. The van der Waals surface area contributed by atoms with Crippen molar-refractivity contribution < 1.29 is 18.8 Å². The van der Waals surface area contributed by atoms with E-state index in [1.165, 1.54) is 24.3 Å². The second-order valence-corrected chi connectivity index (χ2v) is 9.47. The van der Waals surface area contributed by atoms with E-state index in [-0.39, 0.29) is 48.0 Å². The molecule has 0 bridgehead atoms. The van der Waals surface area contributed by atoms with Gasteiger partial charge in [0.1, 0.15) is 5.82 Å². The highest BCUT2D eigenvalue weighted by Gasteiger charge is 2.24. The third-order valence-electron chi connectivity index (χ3n) is 5.93. The maximum Gasteiger partial charge on any atom is 0.251 e. The topological polar surface area (TPSA) is 78.5 Å². The maximum absolute atomic E-state index is 13.0. The highest BCUT2D eigenvalue weighted by atomic mass is 19.1. The zero-order valence-electron chi connectivity index (χ0n) is 19.5. The second kappa shape index (κ2) is 10.6. The molecule has 33 heavy (non-hydrogen) atoms. The summed E-state index contributed by atoms with van der Waals surface area (Å²) in [7, 11) is 0. The van der Waals surface area contributed by atoms with E-state index >= 15 is 0 Å². The van der Waals surface area contributed by atoms with Crippen LogP contribution in [-0.2, 0) is 10.2 Å². The van der Waals surface area contributed by atoms with Gasteiger partial charge in [0.25, 0.3) is 11.8 Å². The third-order valence-corrected chi connectivity index (χ3v) is 5.93. The van der Waals surface area contributed by atoms with E-state index in [9.17, 15) is 18.8 Å². The number of hydrogen-bond donors (Lipinski definition) is 2. The molecule has 7 heteroatoms. The third kappa shape index (κ3) is 6.88. The molecule has 0 aliphatic carbocycles. The largest absolute Gasteiger partial charge is 0.352 e. The van der Waals surface area contributed by atoms with Gasteiger partial charge >= 0.3 is 0 Å². The van der Waals surface area contributed by atoms with Gasteiger partial charge in [-0.05, 0) is 60.2 Å². The summed E-state index contributed by atoms with van der Waals surface area (Å²) in [6.45, 7) is 7.74. The van der Waals surface area contributed by atoms with Crippen LogP contribution in [-0.4, -0.2) is 48.3 Å². The van der Waals surface area contributed by atoms with Gasteiger partial charge in [0.05, 0.1) is 0 Å². The molecular formula is C26H32FN3O3. The van der Waals surface area contributed by atoms with Gasteiger partial charge in [0, 0.05) is 43.2 Å². The quantitative estimate of drug-likeness (QED) is 0.701. The van der Waals surface area contributed by atoms with Crippen molar-refractivity contribution in [3.63, 3.8) is 0 Å². The SMILES string of the molecule is CC(C)(C)c1ccc(C(=O)NCCC(=O)N2CCC(NC(=O)c3ccc(F)cc3)CC2)cc1. The van der Waals surface area contributed by atoms with Crippen LogP contribution in [0.15, 0.2) is 48.5 Å². The van der Waals surface area contributed by atoms with E-state index in [1.807, 2.05) is 24.3 Å². The van der Waals surface area contributed by atoms with Crippen LogP contribution in [0.4, 0.5) is 4.39 Å². The molecule has 0 aromatic heterocycles. The summed E-state index contributed by atoms with van der Waals surface area (Å²) in [4.78, 5) is 38.9. The lowest BCUT2D eigenvalue weighted by Gasteiger charge is -2.32. The van der Waals surface area contributed by atoms with E-state index in [1.54, 1.807) is 4.90 Å². The molecule has 0 radical (unpaired) electrons. The molecule has 1 fully saturated rings. The Morgan fingerprint density at radius 1 is 0.909 bits per heavy atom. The highest BCUT2D eigenvalue weighted by molar-refractivity contribution is 5.95. The lowest BCUT2D eigenvalue weighted by Crippen LogP contribution is -2.47. The predicted octanol–water partition coefficient (Wildman–Crippen LogP) is 3.66. The predicted molar refractivity (Wildman–Crippen MR) is 126 cm³/mol. The lowest BCUT2D eigenvalue weighted by molar-refractivity contribution is -0.132. The zero-order valence-corrected chi connectivity index (χ0v) is 19.5. The summed E-state index contributed by atoms with van der Waals surface area (Å²) >= 11 is 0. The summed E-state index contributed by atoms with van der Waals surface area (Å²) < 4.78 is 13.0. The van der Waals surface area contributed by atoms with Crippen LogP contribution >= 0.6 is 0 Å². The van der Waals surface area contributed by atoms with Crippen LogP contribution in [0, 0.1) is 5.82 Å². The molecule has 0 unspecified atom stereocenters. The zero-order chi connectivity index (χ0) is 24.0. The first-order valence-corrected chi connectivity index (χ1v) is 11.4. The number of hydrogen-bond acceptors (Lipinski definition) is 3. The van der Waals surface area contributed by atoms with Crippen molar-refractivity contribution in [3.8, 4) is 0 Å². The number of halogens is 1. The van der Waals surface area contributed by atoms with E-state index in [0.29, 0.717) is 37.1 Å². The van der Waals surface area contributed by atoms with Crippen molar-refractivity contribution in [2.45, 2.75) is 51.5 Å². The van der Waals surface area contributed by atoms with Gasteiger partial charge in [0.15, 0.2) is 0 Å². The average Bonchev–Trinajstić information content (AvgIpc) is 2.79. The Morgan fingerprint density at radius 2 is 1.45 bits per heavy atom. The number of nitrogens with zero attached hydrogens (tertiary/aromatic N) is 1. The van der Waals surface area contributed by atoms with Crippen molar-refractivity contribution in [3.05, 3.63) is 71.0 Å². The number of carbonyl (C=O) groups excluding carboxylic acids is 3. The highest BCUT2D eigenvalue weighted by Crippen LogP contribution is 2.22. The molecule has 2 aromatic carbocycles. The minimum atomic E-state index is -0.381. The molecule has 1 aliphatic heterocycles. The number of benzene rings is 2. The molecule has 0 saturated carbocycles. The Morgan fingerprint density at radius 3 is 2.03 bits per heavy atom. The van der Waals surface area contributed by atoms with Crippen LogP contribution in [0.25, 0.3) is 0 Å². The Kier molecular flexibility index (Phi) is 7.84. The van der Waals surface area contributed by atoms with Gasteiger partial charge in [0.2, 0.25) is 5.91 Å². The van der Waals surface area contributed by atoms with Crippen LogP contribution < -0.4 is 10.6 Å². The molecule has 3 rings (SSSR count). The molecule has 2 N–H and O–H groups in total. The van der Waals surface area contributed by atoms with E-state index < -0.39 is 0 Å². The smallest absolute Gasteiger partial charge is 0.251 e. The molecule has 6 nitrogen and oxygen atoms in total. The molecular weight excluding hydrogens is 421 g/mol. The molecule has 2 aromatic rings.